The molecule has 0 amide bonds. The maximum absolute atomic E-state index is 6.87. The molecule has 2 aliphatic carbocycles. The zero-order valence-corrected chi connectivity index (χ0v) is 48.9. The standard InChI is InChI=1S/C68H92B2O4/c1-17-19-21-23-25-27-41-67(42-28-26-24-22-20-18-2)57-43-51(69-71-63(9,10)64(11,12)72-69)37-39-53(57)55-46-60-56(45-58(55)67)54-40-38-52(70-73-65(13,14)66(15,16)74-70)44-59(54)68(60,49-33-29-47(30-34-49)61(3,4)5)50-35-31-48(32-36-50)62(6,7)8/h29-40,43-46H,17-28,41-42H2,1-16H3. The van der Waals surface area contributed by atoms with Crippen LogP contribution in [0.1, 0.15) is 245 Å². The summed E-state index contributed by atoms with van der Waals surface area (Å²) in [5, 5.41) is 0. The first kappa shape index (κ1) is 54.8. The Bertz CT molecular complexity index is 2700. The Kier molecular flexibility index (Phi) is 14.9. The van der Waals surface area contributed by atoms with Gasteiger partial charge in [0, 0.05) is 5.41 Å². The van der Waals surface area contributed by atoms with Crippen LogP contribution >= 0.6 is 0 Å². The van der Waals surface area contributed by atoms with Gasteiger partial charge < -0.3 is 18.6 Å². The largest absolute Gasteiger partial charge is 0.494 e. The summed E-state index contributed by atoms with van der Waals surface area (Å²) >= 11 is 0. The van der Waals surface area contributed by atoms with E-state index < -0.39 is 42.1 Å². The Balaban J connectivity index is 1.32. The van der Waals surface area contributed by atoms with Crippen molar-refractivity contribution >= 4 is 25.2 Å². The van der Waals surface area contributed by atoms with Crippen molar-refractivity contribution in [2.75, 3.05) is 0 Å². The second kappa shape index (κ2) is 20.1. The molecule has 5 aromatic carbocycles. The molecule has 2 heterocycles. The molecule has 0 aromatic heterocycles. The first-order valence-electron chi connectivity index (χ1n) is 29.2. The number of unbranched alkanes of at least 4 members (excludes halogenated alkanes) is 10. The normalized spacial score (nSPS) is 19.4. The predicted molar refractivity (Wildman–Crippen MR) is 315 cm³/mol. The van der Waals surface area contributed by atoms with Crippen molar-refractivity contribution in [1.82, 2.24) is 0 Å². The molecule has 2 fully saturated rings. The SMILES string of the molecule is CCCCCCCCC1(CCCCCCCC)c2cc(B3OC(C)(C)C(C)(C)O3)ccc2-c2cc3c(cc21)-c1ccc(B2OC(C)(C)C(C)(C)O2)cc1C3(c1ccc(C(C)(C)C)cc1)c1ccc(C(C)(C)C)cc1. The maximum atomic E-state index is 6.87. The van der Waals surface area contributed by atoms with E-state index in [1.54, 1.807) is 0 Å². The predicted octanol–water partition coefficient (Wildman–Crippen LogP) is 17.0. The van der Waals surface area contributed by atoms with Crippen LogP contribution in [0.4, 0.5) is 0 Å². The van der Waals surface area contributed by atoms with Gasteiger partial charge in [-0.3, -0.25) is 0 Å². The lowest BCUT2D eigenvalue weighted by Gasteiger charge is -2.36. The highest BCUT2D eigenvalue weighted by Gasteiger charge is 2.55. The fourth-order valence-corrected chi connectivity index (χ4v) is 12.9. The summed E-state index contributed by atoms with van der Waals surface area (Å²) < 4.78 is 27.4. The van der Waals surface area contributed by atoms with E-state index in [1.807, 2.05) is 0 Å². The van der Waals surface area contributed by atoms with Crippen LogP contribution in [0, 0.1) is 0 Å². The van der Waals surface area contributed by atoms with Gasteiger partial charge in [0.05, 0.1) is 27.8 Å². The van der Waals surface area contributed by atoms with Crippen molar-refractivity contribution in [3.63, 3.8) is 0 Å². The summed E-state index contributed by atoms with van der Waals surface area (Å²) in [7, 11) is -0.916. The minimum Gasteiger partial charge on any atom is -0.399 e. The Morgan fingerprint density at radius 3 is 1.09 bits per heavy atom. The van der Waals surface area contributed by atoms with E-state index in [2.05, 4.69) is 208 Å². The van der Waals surface area contributed by atoms with Crippen LogP contribution in [-0.2, 0) is 40.3 Å². The van der Waals surface area contributed by atoms with Crippen molar-refractivity contribution in [3.8, 4) is 22.3 Å². The summed E-state index contributed by atoms with van der Waals surface area (Å²) in [5.41, 5.74) is 15.9. The summed E-state index contributed by atoms with van der Waals surface area (Å²) in [4.78, 5) is 0. The van der Waals surface area contributed by atoms with Crippen LogP contribution in [-0.4, -0.2) is 36.6 Å². The molecule has 4 aliphatic rings. The highest BCUT2D eigenvalue weighted by molar-refractivity contribution is 6.62. The molecule has 0 N–H and O–H groups in total. The lowest BCUT2D eigenvalue weighted by Crippen LogP contribution is -2.41. The Morgan fingerprint density at radius 2 is 0.689 bits per heavy atom. The molecule has 4 nitrogen and oxygen atoms in total. The molecule has 0 atom stereocenters. The number of hydrogen-bond acceptors (Lipinski definition) is 4. The molecule has 74 heavy (non-hydrogen) atoms. The van der Waals surface area contributed by atoms with Crippen molar-refractivity contribution in [1.29, 1.82) is 0 Å². The van der Waals surface area contributed by atoms with E-state index in [0.29, 0.717) is 0 Å². The number of hydrogen-bond donors (Lipinski definition) is 0. The fourth-order valence-electron chi connectivity index (χ4n) is 12.9. The van der Waals surface area contributed by atoms with Gasteiger partial charge in [0.15, 0.2) is 0 Å². The topological polar surface area (TPSA) is 36.9 Å². The molecule has 0 spiro atoms. The van der Waals surface area contributed by atoms with Gasteiger partial charge in [-0.1, -0.05) is 217 Å². The Hall–Kier alpha value is -3.93. The molecule has 0 bridgehead atoms. The second-order valence-electron chi connectivity index (χ2n) is 27.3. The van der Waals surface area contributed by atoms with Gasteiger partial charge in [-0.2, -0.15) is 0 Å². The van der Waals surface area contributed by atoms with Gasteiger partial charge in [-0.15, -0.1) is 0 Å². The monoisotopic (exact) mass is 995 g/mol. The summed E-state index contributed by atoms with van der Waals surface area (Å²) in [6, 6.07) is 39.2. The average molecular weight is 995 g/mol. The third kappa shape index (κ3) is 9.66. The van der Waals surface area contributed by atoms with E-state index in [1.165, 1.54) is 144 Å². The van der Waals surface area contributed by atoms with Crippen LogP contribution < -0.4 is 10.9 Å². The zero-order valence-electron chi connectivity index (χ0n) is 48.9. The number of fused-ring (bicyclic) bond motifs is 6. The smallest absolute Gasteiger partial charge is 0.399 e. The molecule has 9 rings (SSSR count). The van der Waals surface area contributed by atoms with Crippen molar-refractivity contribution in [2.24, 2.45) is 0 Å². The Labute approximate surface area is 450 Å². The zero-order chi connectivity index (χ0) is 53.3. The van der Waals surface area contributed by atoms with E-state index in [0.717, 1.165) is 23.8 Å². The van der Waals surface area contributed by atoms with Gasteiger partial charge in [0.25, 0.3) is 0 Å². The minimum absolute atomic E-state index is 0.00820. The first-order chi connectivity index (χ1) is 34.8. The molecule has 5 aromatic rings. The quantitative estimate of drug-likeness (QED) is 0.0635. The summed E-state index contributed by atoms with van der Waals surface area (Å²) in [5.74, 6) is 0. The number of rotatable bonds is 18. The molecule has 2 saturated heterocycles. The fraction of sp³-hybridized carbons (Fsp3) is 0.559. The van der Waals surface area contributed by atoms with Gasteiger partial charge in [0.2, 0.25) is 0 Å². The molecule has 394 valence electrons. The lowest BCUT2D eigenvalue weighted by atomic mass is 9.65. The van der Waals surface area contributed by atoms with Crippen molar-refractivity contribution in [2.45, 2.75) is 245 Å². The van der Waals surface area contributed by atoms with Crippen LogP contribution in [0.15, 0.2) is 97.1 Å². The third-order valence-electron chi connectivity index (χ3n) is 19.0. The third-order valence-corrected chi connectivity index (χ3v) is 19.0. The van der Waals surface area contributed by atoms with E-state index >= 15 is 0 Å². The van der Waals surface area contributed by atoms with E-state index in [4.69, 9.17) is 18.6 Å². The number of benzene rings is 5. The van der Waals surface area contributed by atoms with Crippen LogP contribution in [0.25, 0.3) is 22.3 Å². The van der Waals surface area contributed by atoms with Crippen molar-refractivity contribution in [3.05, 3.63) is 142 Å². The average Bonchev–Trinajstić information content (AvgIpc) is 3.94. The van der Waals surface area contributed by atoms with Crippen LogP contribution in [0.5, 0.6) is 0 Å². The van der Waals surface area contributed by atoms with Gasteiger partial charge in [0.1, 0.15) is 0 Å². The van der Waals surface area contributed by atoms with E-state index in [9.17, 15) is 0 Å². The lowest BCUT2D eigenvalue weighted by molar-refractivity contribution is 0.00578. The first-order valence-corrected chi connectivity index (χ1v) is 29.2. The van der Waals surface area contributed by atoms with E-state index in [-0.39, 0.29) is 16.2 Å². The molecule has 0 unspecified atom stereocenters. The van der Waals surface area contributed by atoms with Crippen LogP contribution in [0.3, 0.4) is 0 Å². The Morgan fingerprint density at radius 1 is 0.365 bits per heavy atom. The molecule has 0 saturated carbocycles. The van der Waals surface area contributed by atoms with Crippen molar-refractivity contribution < 1.29 is 18.6 Å². The second-order valence-corrected chi connectivity index (χ2v) is 27.3. The molecular formula is C68H92B2O4. The minimum atomic E-state index is -0.640. The van der Waals surface area contributed by atoms with Gasteiger partial charge in [-0.25, -0.2) is 0 Å². The van der Waals surface area contributed by atoms with Gasteiger partial charge >= 0.3 is 14.2 Å². The highest BCUT2D eigenvalue weighted by atomic mass is 16.7. The molecule has 2 aliphatic heterocycles. The molecular weight excluding hydrogens is 902 g/mol. The highest BCUT2D eigenvalue weighted by Crippen LogP contribution is 2.62. The van der Waals surface area contributed by atoms with Gasteiger partial charge in [-0.05, 0) is 169 Å². The summed E-state index contributed by atoms with van der Waals surface area (Å²) in [6.07, 6.45) is 17.5. The molecule has 6 heteroatoms. The summed E-state index contributed by atoms with van der Waals surface area (Å²) in [6.45, 7) is 35.9. The maximum Gasteiger partial charge on any atom is 0.494 e. The molecule has 0 radical (unpaired) electrons. The van der Waals surface area contributed by atoms with Crippen LogP contribution in [0.2, 0.25) is 0 Å².